The molecule has 11 heteroatoms. The smallest absolute Gasteiger partial charge is 0.255 e. The number of benzene rings is 1. The number of carbonyl (C=O) groups is 3. The predicted molar refractivity (Wildman–Crippen MR) is 144 cm³/mol. The maximum absolute atomic E-state index is 13.9. The highest BCUT2D eigenvalue weighted by molar-refractivity contribution is 6.24. The Morgan fingerprint density at radius 3 is 2.50 bits per heavy atom. The minimum absolute atomic E-state index is 0.0164. The molecule has 3 aliphatic carbocycles. The molecule has 5 rings (SSSR count). The monoisotopic (exact) mass is 551 g/mol. The van der Waals surface area contributed by atoms with Crippen LogP contribution in [0, 0.1) is 11.8 Å². The number of likely N-dealkylation sites (N-methyl/N-ethyl adjacent to an activating group) is 1. The van der Waals surface area contributed by atoms with Gasteiger partial charge in [0.15, 0.2) is 11.4 Å². The van der Waals surface area contributed by atoms with Gasteiger partial charge >= 0.3 is 0 Å². The van der Waals surface area contributed by atoms with Gasteiger partial charge in [0.25, 0.3) is 5.91 Å². The molecule has 0 spiro atoms. The number of nitrogens with two attached hydrogens (primary N) is 1. The molecule has 0 bridgehead atoms. The molecule has 1 aromatic carbocycles. The SMILES string of the molecule is CC(C)NCc1ccc(-c2ccc(O)c3c2C[C@@H]2C[C@@H]4C(N(C)C)C(=O)C(C(N)=O)=C(O)[C@]4(O)C(=O)C2=C3O)o1. The summed E-state index contributed by atoms with van der Waals surface area (Å²) in [7, 11) is 3.12. The fraction of sp³-hybridized carbons (Fsp3) is 0.414. The van der Waals surface area contributed by atoms with Gasteiger partial charge in [0, 0.05) is 23.1 Å². The third-order valence-corrected chi connectivity index (χ3v) is 8.22. The number of aliphatic hydroxyl groups is 3. The van der Waals surface area contributed by atoms with Crippen LogP contribution in [0.25, 0.3) is 17.1 Å². The summed E-state index contributed by atoms with van der Waals surface area (Å²) in [6.45, 7) is 4.55. The second kappa shape index (κ2) is 9.61. The Kier molecular flexibility index (Phi) is 6.64. The highest BCUT2D eigenvalue weighted by Gasteiger charge is 2.64. The molecule has 1 unspecified atom stereocenters. The van der Waals surface area contributed by atoms with Gasteiger partial charge in [-0.25, -0.2) is 0 Å². The number of ketones is 2. The van der Waals surface area contributed by atoms with Crippen LogP contribution in [0.15, 0.2) is 45.6 Å². The van der Waals surface area contributed by atoms with E-state index < -0.39 is 58.0 Å². The molecule has 1 fully saturated rings. The zero-order valence-corrected chi connectivity index (χ0v) is 22.7. The molecule has 1 saturated carbocycles. The normalized spacial score (nSPS) is 26.3. The van der Waals surface area contributed by atoms with Crippen LogP contribution in [0.2, 0.25) is 0 Å². The second-order valence-electron chi connectivity index (χ2n) is 11.2. The molecule has 0 saturated heterocycles. The number of aromatic hydroxyl groups is 1. The van der Waals surface area contributed by atoms with Crippen molar-refractivity contribution in [2.45, 2.75) is 50.9 Å². The quantitative estimate of drug-likeness (QED) is 0.289. The second-order valence-corrected chi connectivity index (χ2v) is 11.2. The molecular formula is C29H33N3O8. The van der Waals surface area contributed by atoms with E-state index >= 15 is 0 Å². The molecule has 40 heavy (non-hydrogen) atoms. The summed E-state index contributed by atoms with van der Waals surface area (Å²) in [5, 5.41) is 48.1. The van der Waals surface area contributed by atoms with Crippen molar-refractivity contribution >= 4 is 23.2 Å². The van der Waals surface area contributed by atoms with Crippen molar-refractivity contribution in [1.29, 1.82) is 0 Å². The Bertz CT molecular complexity index is 1500. The molecule has 0 radical (unpaired) electrons. The molecule has 1 amide bonds. The maximum Gasteiger partial charge on any atom is 0.255 e. The van der Waals surface area contributed by atoms with E-state index in [4.69, 9.17) is 10.2 Å². The minimum atomic E-state index is -2.67. The first-order valence-electron chi connectivity index (χ1n) is 13.1. The van der Waals surface area contributed by atoms with Gasteiger partial charge in [-0.3, -0.25) is 19.3 Å². The first kappa shape index (κ1) is 27.6. The molecule has 2 aromatic rings. The molecule has 4 atom stereocenters. The van der Waals surface area contributed by atoms with Crippen LogP contribution in [-0.4, -0.2) is 74.6 Å². The lowest BCUT2D eigenvalue weighted by molar-refractivity contribution is -0.153. The minimum Gasteiger partial charge on any atom is -0.508 e. The topological polar surface area (TPSA) is 187 Å². The summed E-state index contributed by atoms with van der Waals surface area (Å²) in [5.41, 5.74) is 2.84. The van der Waals surface area contributed by atoms with Crippen LogP contribution < -0.4 is 11.1 Å². The van der Waals surface area contributed by atoms with Crippen LogP contribution >= 0.6 is 0 Å². The van der Waals surface area contributed by atoms with E-state index in [2.05, 4.69) is 5.32 Å². The number of Topliss-reactive ketones (excluding diaryl/α,β-unsaturated/α-hetero) is 2. The molecule has 212 valence electrons. The number of phenolic OH excluding ortho intramolecular Hbond substituents is 1. The lowest BCUT2D eigenvalue weighted by Crippen LogP contribution is -2.65. The summed E-state index contributed by atoms with van der Waals surface area (Å²) >= 11 is 0. The Balaban J connectivity index is 1.66. The standard InChI is InChI=1S/C29H33N3O8/c1-12(2)31-11-14-5-8-19(40-14)15-6-7-18(33)21-16(15)9-13-10-17-23(32(3)4)25(35)22(28(30)38)27(37)29(17,39)26(36)20(13)24(21)34/h5-8,12-13,17,23,31,33-34,37,39H,9-11H2,1-4H3,(H2,30,38)/t13-,17-,23?,29-/m1/s1. The van der Waals surface area contributed by atoms with Crippen LogP contribution in [0.4, 0.5) is 0 Å². The molecule has 0 aliphatic heterocycles. The zero-order valence-electron chi connectivity index (χ0n) is 22.7. The number of carbonyl (C=O) groups excluding carboxylic acids is 3. The van der Waals surface area contributed by atoms with Crippen molar-refractivity contribution < 1.29 is 39.2 Å². The fourth-order valence-corrected chi connectivity index (χ4v) is 6.40. The lowest BCUT2D eigenvalue weighted by atomic mass is 9.57. The highest BCUT2D eigenvalue weighted by atomic mass is 16.4. The number of nitrogens with one attached hydrogen (secondary N) is 1. The van der Waals surface area contributed by atoms with Crippen molar-refractivity contribution in [1.82, 2.24) is 10.2 Å². The Hall–Kier alpha value is -3.93. The van der Waals surface area contributed by atoms with Gasteiger partial charge < -0.3 is 35.9 Å². The number of aliphatic hydroxyl groups excluding tert-OH is 2. The van der Waals surface area contributed by atoms with Gasteiger partial charge in [0.05, 0.1) is 18.2 Å². The van der Waals surface area contributed by atoms with Crippen LogP contribution in [0.1, 0.15) is 37.2 Å². The number of furan rings is 1. The Labute approximate surface area is 230 Å². The predicted octanol–water partition coefficient (Wildman–Crippen LogP) is 1.72. The van der Waals surface area contributed by atoms with Gasteiger partial charge in [-0.1, -0.05) is 13.8 Å². The molecule has 1 aromatic heterocycles. The van der Waals surface area contributed by atoms with Gasteiger partial charge in [-0.15, -0.1) is 0 Å². The molecule has 1 heterocycles. The fourth-order valence-electron chi connectivity index (χ4n) is 6.40. The number of hydrogen-bond donors (Lipinski definition) is 6. The van der Waals surface area contributed by atoms with Gasteiger partial charge in [0.2, 0.25) is 5.78 Å². The largest absolute Gasteiger partial charge is 0.508 e. The molecular weight excluding hydrogens is 518 g/mol. The maximum atomic E-state index is 13.9. The number of primary amides is 1. The molecule has 3 aliphatic rings. The van der Waals surface area contributed by atoms with Crippen molar-refractivity contribution in [3.63, 3.8) is 0 Å². The van der Waals surface area contributed by atoms with E-state index in [-0.39, 0.29) is 35.8 Å². The summed E-state index contributed by atoms with van der Waals surface area (Å²) in [6.07, 6.45) is 0.196. The number of amides is 1. The van der Waals surface area contributed by atoms with Crippen LogP contribution in [-0.2, 0) is 27.3 Å². The van der Waals surface area contributed by atoms with Crippen molar-refractivity contribution in [2.75, 3.05) is 14.1 Å². The van der Waals surface area contributed by atoms with E-state index in [1.54, 1.807) is 26.2 Å². The summed E-state index contributed by atoms with van der Waals surface area (Å²) < 4.78 is 6.05. The molecule has 11 nitrogen and oxygen atoms in total. The first-order chi connectivity index (χ1) is 18.8. The van der Waals surface area contributed by atoms with Gasteiger partial charge in [-0.05, 0) is 62.7 Å². The van der Waals surface area contributed by atoms with Gasteiger partial charge in [-0.2, -0.15) is 0 Å². The summed E-state index contributed by atoms with van der Waals surface area (Å²) in [6, 6.07) is 5.80. The van der Waals surface area contributed by atoms with E-state index in [1.807, 2.05) is 19.9 Å². The summed E-state index contributed by atoms with van der Waals surface area (Å²) in [4.78, 5) is 40.7. The first-order valence-corrected chi connectivity index (χ1v) is 13.1. The number of phenols is 1. The lowest BCUT2D eigenvalue weighted by Gasteiger charge is -2.50. The number of hydrogen-bond acceptors (Lipinski definition) is 10. The number of rotatable bonds is 6. The molecule has 7 N–H and O–H groups in total. The van der Waals surface area contributed by atoms with Crippen LogP contribution in [0.3, 0.4) is 0 Å². The van der Waals surface area contributed by atoms with Gasteiger partial charge in [0.1, 0.15) is 34.4 Å². The van der Waals surface area contributed by atoms with Crippen molar-refractivity contribution in [2.24, 2.45) is 17.6 Å². The van der Waals surface area contributed by atoms with E-state index in [9.17, 15) is 34.8 Å². The number of fused-ring (bicyclic) bond motifs is 3. The summed E-state index contributed by atoms with van der Waals surface area (Å²) in [5.74, 6) is -5.63. The Morgan fingerprint density at radius 1 is 1.18 bits per heavy atom. The van der Waals surface area contributed by atoms with Crippen LogP contribution in [0.5, 0.6) is 5.75 Å². The Morgan fingerprint density at radius 2 is 1.88 bits per heavy atom. The highest BCUT2D eigenvalue weighted by Crippen LogP contribution is 2.53. The average Bonchev–Trinajstić information content (AvgIpc) is 3.33. The van der Waals surface area contributed by atoms with E-state index in [1.165, 1.54) is 11.0 Å². The van der Waals surface area contributed by atoms with Crippen molar-refractivity contribution in [3.05, 3.63) is 58.1 Å². The average molecular weight is 552 g/mol. The third kappa shape index (κ3) is 3.95. The van der Waals surface area contributed by atoms with E-state index in [0.29, 0.717) is 29.2 Å². The van der Waals surface area contributed by atoms with E-state index in [0.717, 1.165) is 0 Å². The zero-order chi connectivity index (χ0) is 29.3. The van der Waals surface area contributed by atoms with Crippen molar-refractivity contribution in [3.8, 4) is 17.1 Å². The third-order valence-electron chi connectivity index (χ3n) is 8.22. The number of nitrogens with zero attached hydrogens (tertiary/aromatic N) is 1.